The highest BCUT2D eigenvalue weighted by Gasteiger charge is 2.31. The molecule has 0 aromatic heterocycles. The largest absolute Gasteiger partial charge is 0.352 e. The second kappa shape index (κ2) is 5.62. The van der Waals surface area contributed by atoms with E-state index in [2.05, 4.69) is 10.2 Å². The highest BCUT2D eigenvalue weighted by atomic mass is 19.1. The molecule has 0 aromatic carbocycles. The Morgan fingerprint density at radius 1 is 1.38 bits per heavy atom. The molecule has 0 radical (unpaired) electrons. The van der Waals surface area contributed by atoms with Crippen LogP contribution < -0.4 is 5.32 Å². The molecule has 3 nitrogen and oxygen atoms in total. The summed E-state index contributed by atoms with van der Waals surface area (Å²) in [6.45, 7) is 2.54. The average molecular weight is 228 g/mol. The van der Waals surface area contributed by atoms with E-state index in [0.717, 1.165) is 45.3 Å². The number of hydrogen-bond donors (Lipinski definition) is 1. The van der Waals surface area contributed by atoms with Crippen molar-refractivity contribution in [3.63, 3.8) is 0 Å². The summed E-state index contributed by atoms with van der Waals surface area (Å²) in [6.07, 6.45) is 4.92. The summed E-state index contributed by atoms with van der Waals surface area (Å²) in [5, 5.41) is 3.11. The molecule has 0 aromatic rings. The predicted molar refractivity (Wildman–Crippen MR) is 60.9 cm³/mol. The number of carbonyl (C=O) groups excluding carboxylic acids is 1. The Morgan fingerprint density at radius 2 is 2.19 bits per heavy atom. The predicted octanol–water partition coefficient (Wildman–Crippen LogP) is 1.34. The summed E-state index contributed by atoms with van der Waals surface area (Å²) in [4.78, 5) is 13.9. The second-order valence-corrected chi connectivity index (χ2v) is 4.97. The van der Waals surface area contributed by atoms with Crippen molar-refractivity contribution in [3.8, 4) is 0 Å². The lowest BCUT2D eigenvalue weighted by Gasteiger charge is -2.33. The number of amides is 1. The van der Waals surface area contributed by atoms with Crippen LogP contribution in [-0.2, 0) is 4.79 Å². The molecule has 2 aliphatic rings. The van der Waals surface area contributed by atoms with Crippen molar-refractivity contribution in [3.05, 3.63) is 0 Å². The van der Waals surface area contributed by atoms with Crippen LogP contribution in [-0.4, -0.2) is 43.2 Å². The molecule has 2 fully saturated rings. The Morgan fingerprint density at radius 3 is 2.88 bits per heavy atom. The number of likely N-dealkylation sites (tertiary alicyclic amines) is 1. The quantitative estimate of drug-likeness (QED) is 0.770. The van der Waals surface area contributed by atoms with Crippen LogP contribution >= 0.6 is 0 Å². The molecule has 16 heavy (non-hydrogen) atoms. The van der Waals surface area contributed by atoms with E-state index in [-0.39, 0.29) is 12.6 Å². The summed E-state index contributed by atoms with van der Waals surface area (Å²) >= 11 is 0. The van der Waals surface area contributed by atoms with E-state index in [9.17, 15) is 9.18 Å². The third-order valence-electron chi connectivity index (χ3n) is 3.41. The molecular weight excluding hydrogens is 207 g/mol. The van der Waals surface area contributed by atoms with Gasteiger partial charge >= 0.3 is 0 Å². The molecule has 1 saturated carbocycles. The maximum absolute atomic E-state index is 12.1. The highest BCUT2D eigenvalue weighted by molar-refractivity contribution is 5.81. The van der Waals surface area contributed by atoms with Crippen LogP contribution in [0.3, 0.4) is 0 Å². The van der Waals surface area contributed by atoms with Gasteiger partial charge in [-0.1, -0.05) is 0 Å². The SMILES string of the molecule is O=C(NC1CCCN(CCCF)C1)C1CC1. The van der Waals surface area contributed by atoms with Gasteiger partial charge in [0.05, 0.1) is 6.67 Å². The van der Waals surface area contributed by atoms with Gasteiger partial charge in [0.15, 0.2) is 0 Å². The van der Waals surface area contributed by atoms with Crippen molar-refractivity contribution in [1.29, 1.82) is 0 Å². The Balaban J connectivity index is 1.70. The normalized spacial score (nSPS) is 26.7. The molecule has 0 bridgehead atoms. The van der Waals surface area contributed by atoms with Gasteiger partial charge in [-0.15, -0.1) is 0 Å². The Labute approximate surface area is 96.4 Å². The van der Waals surface area contributed by atoms with Crippen molar-refractivity contribution in [2.24, 2.45) is 5.92 Å². The minimum atomic E-state index is -0.240. The molecule has 1 heterocycles. The molecule has 1 aliphatic carbocycles. The van der Waals surface area contributed by atoms with Crippen LogP contribution in [0.4, 0.5) is 4.39 Å². The summed E-state index contributed by atoms with van der Waals surface area (Å²) in [5.74, 6) is 0.526. The number of nitrogens with zero attached hydrogens (tertiary/aromatic N) is 1. The molecule has 92 valence electrons. The number of rotatable bonds is 5. The van der Waals surface area contributed by atoms with Gasteiger partial charge in [0.1, 0.15) is 0 Å². The van der Waals surface area contributed by atoms with Gasteiger partial charge in [0.25, 0.3) is 0 Å². The van der Waals surface area contributed by atoms with Gasteiger partial charge < -0.3 is 10.2 Å². The second-order valence-electron chi connectivity index (χ2n) is 4.97. The zero-order chi connectivity index (χ0) is 11.4. The fourth-order valence-corrected chi connectivity index (χ4v) is 2.32. The maximum Gasteiger partial charge on any atom is 0.223 e. The molecule has 2 rings (SSSR count). The molecule has 0 spiro atoms. The number of carbonyl (C=O) groups is 1. The van der Waals surface area contributed by atoms with E-state index in [4.69, 9.17) is 0 Å². The Hall–Kier alpha value is -0.640. The summed E-state index contributed by atoms with van der Waals surface area (Å²) in [6, 6.07) is 0.293. The standard InChI is InChI=1S/C12H21FN2O/c13-6-2-8-15-7-1-3-11(9-15)14-12(16)10-4-5-10/h10-11H,1-9H2,(H,14,16). The van der Waals surface area contributed by atoms with Crippen LogP contribution in [0.5, 0.6) is 0 Å². The number of halogens is 1. The molecular formula is C12H21FN2O. The molecule has 1 atom stereocenters. The van der Waals surface area contributed by atoms with Crippen LogP contribution in [0.2, 0.25) is 0 Å². The van der Waals surface area contributed by atoms with Crippen LogP contribution in [0.15, 0.2) is 0 Å². The first-order valence-electron chi connectivity index (χ1n) is 6.38. The van der Waals surface area contributed by atoms with E-state index in [0.29, 0.717) is 18.4 Å². The molecule has 1 saturated heterocycles. The number of piperidine rings is 1. The lowest BCUT2D eigenvalue weighted by atomic mass is 10.1. The lowest BCUT2D eigenvalue weighted by molar-refractivity contribution is -0.123. The molecule has 1 aliphatic heterocycles. The highest BCUT2D eigenvalue weighted by Crippen LogP contribution is 2.29. The molecule has 1 amide bonds. The first-order valence-corrected chi connectivity index (χ1v) is 6.38. The summed E-state index contributed by atoms with van der Waals surface area (Å²) in [7, 11) is 0. The van der Waals surface area contributed by atoms with E-state index in [1.807, 2.05) is 0 Å². The van der Waals surface area contributed by atoms with Gasteiger partial charge in [0, 0.05) is 25.0 Å². The zero-order valence-corrected chi connectivity index (χ0v) is 9.75. The maximum atomic E-state index is 12.1. The monoisotopic (exact) mass is 228 g/mol. The summed E-state index contributed by atoms with van der Waals surface area (Å²) < 4.78 is 12.1. The third-order valence-corrected chi connectivity index (χ3v) is 3.41. The van der Waals surface area contributed by atoms with Crippen molar-refractivity contribution in [2.45, 2.75) is 38.1 Å². The Bertz CT molecular complexity index is 243. The van der Waals surface area contributed by atoms with E-state index in [1.165, 1.54) is 0 Å². The minimum Gasteiger partial charge on any atom is -0.352 e. The van der Waals surface area contributed by atoms with Crippen LogP contribution in [0, 0.1) is 5.92 Å². The van der Waals surface area contributed by atoms with Crippen molar-refractivity contribution >= 4 is 5.91 Å². The van der Waals surface area contributed by atoms with Gasteiger partial charge in [-0.25, -0.2) is 0 Å². The fourth-order valence-electron chi connectivity index (χ4n) is 2.32. The van der Waals surface area contributed by atoms with Gasteiger partial charge in [-0.2, -0.15) is 0 Å². The van der Waals surface area contributed by atoms with E-state index < -0.39 is 0 Å². The van der Waals surface area contributed by atoms with Gasteiger partial charge in [-0.3, -0.25) is 9.18 Å². The van der Waals surface area contributed by atoms with Crippen molar-refractivity contribution in [2.75, 3.05) is 26.3 Å². The molecule has 1 unspecified atom stereocenters. The van der Waals surface area contributed by atoms with Crippen LogP contribution in [0.25, 0.3) is 0 Å². The van der Waals surface area contributed by atoms with E-state index in [1.54, 1.807) is 0 Å². The van der Waals surface area contributed by atoms with Crippen molar-refractivity contribution in [1.82, 2.24) is 10.2 Å². The third kappa shape index (κ3) is 3.44. The zero-order valence-electron chi connectivity index (χ0n) is 9.75. The minimum absolute atomic E-state index is 0.234. The molecule has 4 heteroatoms. The Kier molecular flexibility index (Phi) is 4.16. The number of nitrogens with one attached hydrogen (secondary N) is 1. The molecule has 1 N–H and O–H groups in total. The van der Waals surface area contributed by atoms with Gasteiger partial charge in [-0.05, 0) is 38.6 Å². The van der Waals surface area contributed by atoms with Crippen LogP contribution in [0.1, 0.15) is 32.1 Å². The lowest BCUT2D eigenvalue weighted by Crippen LogP contribution is -2.48. The first-order chi connectivity index (χ1) is 7.79. The fraction of sp³-hybridized carbons (Fsp3) is 0.917. The first kappa shape index (κ1) is 11.8. The number of hydrogen-bond acceptors (Lipinski definition) is 2. The topological polar surface area (TPSA) is 32.3 Å². The number of alkyl halides is 1. The van der Waals surface area contributed by atoms with E-state index >= 15 is 0 Å². The smallest absolute Gasteiger partial charge is 0.223 e. The summed E-state index contributed by atoms with van der Waals surface area (Å²) in [5.41, 5.74) is 0. The average Bonchev–Trinajstić information content (AvgIpc) is 3.10. The van der Waals surface area contributed by atoms with Crippen molar-refractivity contribution < 1.29 is 9.18 Å². The van der Waals surface area contributed by atoms with Gasteiger partial charge in [0.2, 0.25) is 5.91 Å².